The Kier molecular flexibility index (Phi) is 4.08. The van der Waals surface area contributed by atoms with Crippen LogP contribution in [0.5, 0.6) is 0 Å². The molecular formula is C16H16FNO4S. The van der Waals surface area contributed by atoms with Crippen molar-refractivity contribution < 1.29 is 22.7 Å². The molecule has 1 aliphatic rings. The Bertz CT molecular complexity index is 858. The lowest BCUT2D eigenvalue weighted by Gasteiger charge is -2.29. The second kappa shape index (κ2) is 5.90. The van der Waals surface area contributed by atoms with Gasteiger partial charge in [0.1, 0.15) is 4.90 Å². The van der Waals surface area contributed by atoms with Gasteiger partial charge >= 0.3 is 5.97 Å². The number of carbonyl (C=O) groups is 1. The minimum atomic E-state index is -3.97. The van der Waals surface area contributed by atoms with Crippen molar-refractivity contribution >= 4 is 26.8 Å². The molecule has 1 heterocycles. The average Bonchev–Trinajstić information content (AvgIpc) is 2.55. The number of hydrogen-bond acceptors (Lipinski definition) is 3. The van der Waals surface area contributed by atoms with Crippen LogP contribution in [0.3, 0.4) is 0 Å². The quantitative estimate of drug-likeness (QED) is 0.934. The van der Waals surface area contributed by atoms with Gasteiger partial charge in [-0.2, -0.15) is 4.31 Å². The van der Waals surface area contributed by atoms with Crippen LogP contribution in [0.2, 0.25) is 0 Å². The molecule has 0 aliphatic carbocycles. The van der Waals surface area contributed by atoms with Crippen molar-refractivity contribution in [2.75, 3.05) is 13.1 Å². The van der Waals surface area contributed by atoms with E-state index in [1.165, 1.54) is 10.4 Å². The van der Waals surface area contributed by atoms with Crippen LogP contribution >= 0.6 is 0 Å². The van der Waals surface area contributed by atoms with Gasteiger partial charge in [-0.25, -0.2) is 12.8 Å². The summed E-state index contributed by atoms with van der Waals surface area (Å²) in [6.07, 6.45) is 0.480. The van der Waals surface area contributed by atoms with E-state index < -0.39 is 27.7 Å². The van der Waals surface area contributed by atoms with Crippen LogP contribution < -0.4 is 0 Å². The highest BCUT2D eigenvalue weighted by Crippen LogP contribution is 2.29. The highest BCUT2D eigenvalue weighted by molar-refractivity contribution is 7.89. The van der Waals surface area contributed by atoms with Gasteiger partial charge < -0.3 is 5.11 Å². The molecule has 0 unspecified atom stereocenters. The summed E-state index contributed by atoms with van der Waals surface area (Å²) in [4.78, 5) is 10.6. The molecule has 2 aromatic carbocycles. The summed E-state index contributed by atoms with van der Waals surface area (Å²) in [5.41, 5.74) is 0. The Morgan fingerprint density at radius 2 is 1.78 bits per heavy atom. The maximum absolute atomic E-state index is 14.6. The molecule has 3 rings (SSSR count). The van der Waals surface area contributed by atoms with Gasteiger partial charge in [-0.15, -0.1) is 0 Å². The van der Waals surface area contributed by atoms with E-state index in [0.717, 1.165) is 0 Å². The van der Waals surface area contributed by atoms with Crippen molar-refractivity contribution in [1.82, 2.24) is 4.31 Å². The molecule has 0 saturated carbocycles. The molecule has 0 atom stereocenters. The summed E-state index contributed by atoms with van der Waals surface area (Å²) in [6, 6.07) is 9.52. The monoisotopic (exact) mass is 337 g/mol. The van der Waals surface area contributed by atoms with E-state index in [2.05, 4.69) is 0 Å². The Morgan fingerprint density at radius 3 is 2.43 bits per heavy atom. The first-order chi connectivity index (χ1) is 10.9. The number of rotatable bonds is 3. The summed E-state index contributed by atoms with van der Waals surface area (Å²) < 4.78 is 41.1. The molecule has 1 N–H and O–H groups in total. The number of fused-ring (bicyclic) bond motifs is 1. The number of halogens is 1. The number of benzene rings is 2. The van der Waals surface area contributed by atoms with Crippen LogP contribution in [0.1, 0.15) is 12.8 Å². The van der Waals surface area contributed by atoms with Gasteiger partial charge in [0.05, 0.1) is 5.92 Å². The number of hydrogen-bond donors (Lipinski definition) is 1. The molecule has 2 aromatic rings. The Morgan fingerprint density at radius 1 is 1.13 bits per heavy atom. The third kappa shape index (κ3) is 2.82. The number of aliphatic carboxylic acids is 1. The molecular weight excluding hydrogens is 321 g/mol. The number of carboxylic acids is 1. The largest absolute Gasteiger partial charge is 0.481 e. The minimum Gasteiger partial charge on any atom is -0.481 e. The van der Waals surface area contributed by atoms with Crippen molar-refractivity contribution in [3.8, 4) is 0 Å². The fraction of sp³-hybridized carbons (Fsp3) is 0.312. The van der Waals surface area contributed by atoms with E-state index in [1.54, 1.807) is 30.3 Å². The summed E-state index contributed by atoms with van der Waals surface area (Å²) in [5, 5.41) is 9.87. The van der Waals surface area contributed by atoms with Crippen LogP contribution in [0.4, 0.5) is 4.39 Å². The third-order valence-corrected chi connectivity index (χ3v) is 6.16. The van der Waals surface area contributed by atoms with Gasteiger partial charge in [-0.3, -0.25) is 4.79 Å². The maximum Gasteiger partial charge on any atom is 0.306 e. The Labute approximate surface area is 133 Å². The highest BCUT2D eigenvalue weighted by atomic mass is 32.2. The lowest BCUT2D eigenvalue weighted by Crippen LogP contribution is -2.40. The van der Waals surface area contributed by atoms with E-state index in [0.29, 0.717) is 5.39 Å². The Hall–Kier alpha value is -1.99. The van der Waals surface area contributed by atoms with Crippen LogP contribution in [0.25, 0.3) is 10.8 Å². The van der Waals surface area contributed by atoms with Crippen LogP contribution in [0.15, 0.2) is 41.3 Å². The summed E-state index contributed by atoms with van der Waals surface area (Å²) >= 11 is 0. The zero-order valence-corrected chi connectivity index (χ0v) is 13.1. The number of nitrogens with zero attached hydrogens (tertiary/aromatic N) is 1. The smallest absolute Gasteiger partial charge is 0.306 e. The molecule has 1 saturated heterocycles. The first-order valence-electron chi connectivity index (χ1n) is 7.31. The van der Waals surface area contributed by atoms with Crippen LogP contribution in [-0.2, 0) is 14.8 Å². The molecule has 0 amide bonds. The lowest BCUT2D eigenvalue weighted by atomic mass is 9.99. The third-order valence-electron chi connectivity index (χ3n) is 4.25. The second-order valence-corrected chi connectivity index (χ2v) is 7.52. The molecule has 0 radical (unpaired) electrons. The zero-order chi connectivity index (χ0) is 16.6. The van der Waals surface area contributed by atoms with Gasteiger partial charge in [0.25, 0.3) is 0 Å². The molecule has 122 valence electrons. The molecule has 0 bridgehead atoms. The van der Waals surface area contributed by atoms with Gasteiger partial charge in [-0.05, 0) is 24.3 Å². The highest BCUT2D eigenvalue weighted by Gasteiger charge is 2.33. The molecule has 7 heteroatoms. The second-order valence-electron chi connectivity index (χ2n) is 5.62. The topological polar surface area (TPSA) is 74.7 Å². The summed E-state index contributed by atoms with van der Waals surface area (Å²) in [6.45, 7) is 0.178. The first kappa shape index (κ1) is 15.9. The van der Waals surface area contributed by atoms with E-state index in [9.17, 15) is 17.6 Å². The normalized spacial score (nSPS) is 17.4. The molecule has 23 heavy (non-hydrogen) atoms. The number of piperidine rings is 1. The van der Waals surface area contributed by atoms with Gasteiger partial charge in [-0.1, -0.05) is 30.3 Å². The van der Waals surface area contributed by atoms with Crippen molar-refractivity contribution in [3.63, 3.8) is 0 Å². The SMILES string of the molecule is O=C(O)C1CCN(S(=O)(=O)c2ccc3ccccc3c2F)CC1. The van der Waals surface area contributed by atoms with E-state index in [-0.39, 0.29) is 36.2 Å². The lowest BCUT2D eigenvalue weighted by molar-refractivity contribution is -0.142. The van der Waals surface area contributed by atoms with E-state index in [4.69, 9.17) is 5.11 Å². The van der Waals surface area contributed by atoms with Gasteiger partial charge in [0.2, 0.25) is 10.0 Å². The molecule has 5 nitrogen and oxygen atoms in total. The van der Waals surface area contributed by atoms with Gasteiger partial charge in [0.15, 0.2) is 5.82 Å². The molecule has 0 aromatic heterocycles. The standard InChI is InChI=1S/C16H16FNO4S/c17-15-13-4-2-1-3-11(13)5-6-14(15)23(21,22)18-9-7-12(8-10-18)16(19)20/h1-6,12H,7-10H2,(H,19,20). The molecule has 1 fully saturated rings. The van der Waals surface area contributed by atoms with Gasteiger partial charge in [0, 0.05) is 18.5 Å². The summed E-state index contributed by atoms with van der Waals surface area (Å²) in [5.74, 6) is -2.22. The van der Waals surface area contributed by atoms with Crippen molar-refractivity contribution in [1.29, 1.82) is 0 Å². The molecule has 1 aliphatic heterocycles. The van der Waals surface area contributed by atoms with E-state index >= 15 is 0 Å². The van der Waals surface area contributed by atoms with E-state index in [1.807, 2.05) is 0 Å². The maximum atomic E-state index is 14.6. The minimum absolute atomic E-state index is 0.0889. The predicted molar refractivity (Wildman–Crippen MR) is 83.0 cm³/mol. The Balaban J connectivity index is 1.95. The van der Waals surface area contributed by atoms with Crippen LogP contribution in [-0.4, -0.2) is 36.9 Å². The van der Waals surface area contributed by atoms with Crippen molar-refractivity contribution in [2.45, 2.75) is 17.7 Å². The summed E-state index contributed by atoms with van der Waals surface area (Å²) in [7, 11) is -3.97. The first-order valence-corrected chi connectivity index (χ1v) is 8.75. The zero-order valence-electron chi connectivity index (χ0n) is 12.3. The fourth-order valence-corrected chi connectivity index (χ4v) is 4.44. The average molecular weight is 337 g/mol. The van der Waals surface area contributed by atoms with Crippen LogP contribution in [0, 0.1) is 11.7 Å². The fourth-order valence-electron chi connectivity index (χ4n) is 2.90. The number of sulfonamides is 1. The predicted octanol–water partition coefficient (Wildman–Crippen LogP) is 2.46. The molecule has 0 spiro atoms. The van der Waals surface area contributed by atoms with Crippen molar-refractivity contribution in [2.24, 2.45) is 5.92 Å². The number of carboxylic acid groups (broad SMARTS) is 1. The van der Waals surface area contributed by atoms with Crippen molar-refractivity contribution in [3.05, 3.63) is 42.2 Å².